The topological polar surface area (TPSA) is 12.0 Å². The lowest BCUT2D eigenvalue weighted by Crippen LogP contribution is -2.33. The van der Waals surface area contributed by atoms with E-state index in [2.05, 4.69) is 45.9 Å². The summed E-state index contributed by atoms with van der Waals surface area (Å²) in [6.45, 7) is 3.34. The van der Waals surface area contributed by atoms with Gasteiger partial charge in [-0.3, -0.25) is 0 Å². The summed E-state index contributed by atoms with van der Waals surface area (Å²) in [5.74, 6) is 1.19. The molecule has 0 saturated heterocycles. The Labute approximate surface area is 109 Å². The van der Waals surface area contributed by atoms with Crippen molar-refractivity contribution in [2.75, 3.05) is 18.6 Å². The van der Waals surface area contributed by atoms with Gasteiger partial charge in [-0.15, -0.1) is 11.3 Å². The lowest BCUT2D eigenvalue weighted by atomic mass is 10.2. The molecule has 86 valence electrons. The van der Waals surface area contributed by atoms with Crippen molar-refractivity contribution >= 4 is 39.0 Å². The maximum Gasteiger partial charge on any atom is 0.0285 e. The number of hydrogen-bond donors (Lipinski definition) is 1. The van der Waals surface area contributed by atoms with E-state index in [-0.39, 0.29) is 0 Å². The van der Waals surface area contributed by atoms with Crippen LogP contribution in [0.2, 0.25) is 0 Å². The summed E-state index contributed by atoms with van der Waals surface area (Å²) in [5, 5.41) is 5.76. The number of nitrogens with one attached hydrogen (secondary N) is 1. The number of halogens is 1. The van der Waals surface area contributed by atoms with Crippen LogP contribution in [-0.4, -0.2) is 24.6 Å². The predicted molar refractivity (Wildman–Crippen MR) is 76.2 cm³/mol. The maximum atomic E-state index is 3.60. The molecular formula is C11H18BrNS2. The summed E-state index contributed by atoms with van der Waals surface area (Å²) in [6.07, 6.45) is 4.53. The zero-order valence-electron chi connectivity index (χ0n) is 9.25. The second-order valence-electron chi connectivity index (χ2n) is 3.54. The van der Waals surface area contributed by atoms with Crippen molar-refractivity contribution in [3.8, 4) is 0 Å². The highest BCUT2D eigenvalue weighted by atomic mass is 79.9. The molecule has 1 aromatic rings. The van der Waals surface area contributed by atoms with Gasteiger partial charge in [0.05, 0.1) is 0 Å². The Morgan fingerprint density at radius 3 is 2.93 bits per heavy atom. The number of rotatable bonds is 7. The summed E-state index contributed by atoms with van der Waals surface area (Å²) in [6, 6.07) is 2.84. The Bertz CT molecular complexity index is 275. The molecule has 1 heterocycles. The molecule has 0 aliphatic rings. The summed E-state index contributed by atoms with van der Waals surface area (Å²) in [5.41, 5.74) is 0. The molecule has 0 aromatic carbocycles. The van der Waals surface area contributed by atoms with Crippen LogP contribution >= 0.6 is 39.0 Å². The van der Waals surface area contributed by atoms with Crippen molar-refractivity contribution in [2.45, 2.75) is 25.8 Å². The Morgan fingerprint density at radius 2 is 2.40 bits per heavy atom. The monoisotopic (exact) mass is 307 g/mol. The Balaban J connectivity index is 2.42. The fourth-order valence-electron chi connectivity index (χ4n) is 1.44. The second kappa shape index (κ2) is 7.71. The van der Waals surface area contributed by atoms with E-state index in [1.165, 1.54) is 21.5 Å². The molecule has 0 aliphatic heterocycles. The molecule has 0 radical (unpaired) electrons. The lowest BCUT2D eigenvalue weighted by Gasteiger charge is -2.16. The van der Waals surface area contributed by atoms with Crippen LogP contribution < -0.4 is 5.32 Å². The molecule has 0 amide bonds. The van der Waals surface area contributed by atoms with Crippen LogP contribution in [0, 0.1) is 0 Å². The summed E-state index contributed by atoms with van der Waals surface area (Å²) < 4.78 is 1.21. The van der Waals surface area contributed by atoms with Crippen molar-refractivity contribution in [3.63, 3.8) is 0 Å². The standard InChI is InChI=1S/C11H18BrNS2/c1-3-4-13-10(8-14-2)6-11-5-9(12)7-15-11/h5,7,10,13H,3-4,6,8H2,1-2H3. The van der Waals surface area contributed by atoms with Gasteiger partial charge in [-0.05, 0) is 47.6 Å². The number of thioether (sulfide) groups is 1. The third kappa shape index (κ3) is 5.38. The van der Waals surface area contributed by atoms with Crippen LogP contribution in [0.15, 0.2) is 15.9 Å². The summed E-state index contributed by atoms with van der Waals surface area (Å²) >= 11 is 7.26. The van der Waals surface area contributed by atoms with Crippen LogP contribution in [-0.2, 0) is 6.42 Å². The molecule has 1 unspecified atom stereocenters. The van der Waals surface area contributed by atoms with Gasteiger partial charge in [0.2, 0.25) is 0 Å². The summed E-state index contributed by atoms with van der Waals surface area (Å²) in [7, 11) is 0. The zero-order valence-corrected chi connectivity index (χ0v) is 12.5. The molecule has 4 heteroatoms. The third-order valence-electron chi connectivity index (χ3n) is 2.12. The summed E-state index contributed by atoms with van der Waals surface area (Å²) in [4.78, 5) is 1.46. The highest BCUT2D eigenvalue weighted by molar-refractivity contribution is 9.10. The molecule has 0 bridgehead atoms. The van der Waals surface area contributed by atoms with E-state index < -0.39 is 0 Å². The average Bonchev–Trinajstić information content (AvgIpc) is 2.61. The highest BCUT2D eigenvalue weighted by Gasteiger charge is 2.09. The molecule has 15 heavy (non-hydrogen) atoms. The van der Waals surface area contributed by atoms with E-state index in [9.17, 15) is 0 Å². The predicted octanol–water partition coefficient (Wildman–Crippen LogP) is 3.78. The van der Waals surface area contributed by atoms with Gasteiger partial charge in [0.1, 0.15) is 0 Å². The van der Waals surface area contributed by atoms with Crippen LogP contribution in [0.4, 0.5) is 0 Å². The van der Waals surface area contributed by atoms with Gasteiger partial charge in [0.15, 0.2) is 0 Å². The SMILES string of the molecule is CCCNC(CSC)Cc1cc(Br)cs1. The smallest absolute Gasteiger partial charge is 0.0285 e. The molecule has 0 aliphatic carbocycles. The van der Waals surface area contributed by atoms with Crippen molar-refractivity contribution < 1.29 is 0 Å². The van der Waals surface area contributed by atoms with Crippen molar-refractivity contribution in [2.24, 2.45) is 0 Å². The first-order chi connectivity index (χ1) is 7.26. The maximum absolute atomic E-state index is 3.60. The zero-order chi connectivity index (χ0) is 11.1. The molecule has 0 spiro atoms. The minimum absolute atomic E-state index is 0.616. The molecule has 0 saturated carbocycles. The molecule has 1 aromatic heterocycles. The first-order valence-corrected chi connectivity index (χ1v) is 8.28. The van der Waals surface area contributed by atoms with Crippen molar-refractivity contribution in [1.82, 2.24) is 5.32 Å². The first-order valence-electron chi connectivity index (χ1n) is 5.21. The average molecular weight is 308 g/mol. The van der Waals surface area contributed by atoms with Gasteiger partial charge in [0, 0.05) is 26.5 Å². The molecule has 1 atom stereocenters. The normalized spacial score (nSPS) is 13.0. The van der Waals surface area contributed by atoms with Gasteiger partial charge in [0.25, 0.3) is 0 Å². The first kappa shape index (κ1) is 13.6. The van der Waals surface area contributed by atoms with E-state index in [1.807, 2.05) is 23.1 Å². The highest BCUT2D eigenvalue weighted by Crippen LogP contribution is 2.21. The van der Waals surface area contributed by atoms with E-state index in [1.54, 1.807) is 0 Å². The van der Waals surface area contributed by atoms with E-state index >= 15 is 0 Å². The van der Waals surface area contributed by atoms with Crippen molar-refractivity contribution in [1.29, 1.82) is 0 Å². The van der Waals surface area contributed by atoms with Crippen LogP contribution in [0.5, 0.6) is 0 Å². The van der Waals surface area contributed by atoms with Crippen LogP contribution in [0.3, 0.4) is 0 Å². The van der Waals surface area contributed by atoms with Crippen LogP contribution in [0.1, 0.15) is 18.2 Å². The molecular weight excluding hydrogens is 290 g/mol. The Kier molecular flexibility index (Phi) is 6.97. The Hall–Kier alpha value is 0.490. The molecule has 1 N–H and O–H groups in total. The minimum atomic E-state index is 0.616. The third-order valence-corrected chi connectivity index (χ3v) is 4.58. The number of thiophene rings is 1. The molecule has 0 fully saturated rings. The minimum Gasteiger partial charge on any atom is -0.313 e. The fraction of sp³-hybridized carbons (Fsp3) is 0.636. The largest absolute Gasteiger partial charge is 0.313 e. The molecule has 1 nitrogen and oxygen atoms in total. The van der Waals surface area contributed by atoms with Gasteiger partial charge in [-0.1, -0.05) is 6.92 Å². The van der Waals surface area contributed by atoms with Gasteiger partial charge < -0.3 is 5.32 Å². The van der Waals surface area contributed by atoms with E-state index in [0.717, 1.165) is 13.0 Å². The van der Waals surface area contributed by atoms with Crippen LogP contribution in [0.25, 0.3) is 0 Å². The van der Waals surface area contributed by atoms with Gasteiger partial charge in [-0.2, -0.15) is 11.8 Å². The van der Waals surface area contributed by atoms with Gasteiger partial charge in [-0.25, -0.2) is 0 Å². The molecule has 1 rings (SSSR count). The Morgan fingerprint density at radius 1 is 1.60 bits per heavy atom. The van der Waals surface area contributed by atoms with E-state index in [4.69, 9.17) is 0 Å². The fourth-order valence-corrected chi connectivity index (χ4v) is 3.61. The second-order valence-corrected chi connectivity index (χ2v) is 6.36. The van der Waals surface area contributed by atoms with Crippen molar-refractivity contribution in [3.05, 3.63) is 20.8 Å². The quantitative estimate of drug-likeness (QED) is 0.822. The van der Waals surface area contributed by atoms with E-state index in [0.29, 0.717) is 6.04 Å². The lowest BCUT2D eigenvalue weighted by molar-refractivity contribution is 0.553. The van der Waals surface area contributed by atoms with Gasteiger partial charge >= 0.3 is 0 Å². The number of hydrogen-bond acceptors (Lipinski definition) is 3.